The maximum atomic E-state index is 9.94. The maximum Gasteiger partial charge on any atom is 0.123 e. The number of benzene rings is 2. The number of aryl methyl sites for hydroxylation is 1. The Kier molecular flexibility index (Phi) is 2.93. The molecule has 3 N–H and O–H groups in total. The van der Waals surface area contributed by atoms with Gasteiger partial charge in [0.1, 0.15) is 5.75 Å². The minimum Gasteiger partial charge on any atom is -0.507 e. The Morgan fingerprint density at radius 2 is 1.75 bits per heavy atom. The van der Waals surface area contributed by atoms with Gasteiger partial charge in [0.2, 0.25) is 0 Å². The lowest BCUT2D eigenvalue weighted by molar-refractivity contribution is 0.476. The average molecular weight is 213 g/mol. The molecule has 2 aromatic rings. The summed E-state index contributed by atoms with van der Waals surface area (Å²) in [5, 5.41) is 9.94. The van der Waals surface area contributed by atoms with Crippen molar-refractivity contribution in [2.24, 2.45) is 5.73 Å². The van der Waals surface area contributed by atoms with Crippen LogP contribution in [0.5, 0.6) is 5.75 Å². The quantitative estimate of drug-likeness (QED) is 0.805. The number of aromatic hydroxyl groups is 1. The van der Waals surface area contributed by atoms with E-state index in [1.807, 2.05) is 43.3 Å². The number of phenolic OH excluding ortho intramolecular Hbond substituents is 1. The predicted octanol–water partition coefficient (Wildman–Crippen LogP) is 2.83. The molecule has 0 aliphatic rings. The van der Waals surface area contributed by atoms with Gasteiger partial charge in [0.05, 0.1) is 0 Å². The highest BCUT2D eigenvalue weighted by Gasteiger charge is 2.11. The van der Waals surface area contributed by atoms with Crippen molar-refractivity contribution in [3.63, 3.8) is 0 Å². The first-order chi connectivity index (χ1) is 7.74. The van der Waals surface area contributed by atoms with Crippen LogP contribution in [0.25, 0.3) is 11.1 Å². The third kappa shape index (κ3) is 1.79. The lowest BCUT2D eigenvalue weighted by Crippen LogP contribution is -2.02. The second-order valence-corrected chi connectivity index (χ2v) is 3.83. The molecule has 0 atom stereocenters. The second kappa shape index (κ2) is 4.37. The van der Waals surface area contributed by atoms with Crippen LogP contribution in [-0.2, 0) is 6.54 Å². The first kappa shape index (κ1) is 10.7. The highest BCUT2D eigenvalue weighted by atomic mass is 16.3. The zero-order chi connectivity index (χ0) is 11.5. The third-order valence-electron chi connectivity index (χ3n) is 2.79. The van der Waals surface area contributed by atoms with Crippen LogP contribution in [0.1, 0.15) is 11.1 Å². The van der Waals surface area contributed by atoms with Gasteiger partial charge in [0, 0.05) is 12.1 Å². The molecule has 2 rings (SSSR count). The number of nitrogens with two attached hydrogens (primary N) is 1. The fourth-order valence-electron chi connectivity index (χ4n) is 1.93. The molecule has 0 aliphatic carbocycles. The van der Waals surface area contributed by atoms with Crippen LogP contribution in [0, 0.1) is 6.92 Å². The van der Waals surface area contributed by atoms with Gasteiger partial charge in [-0.3, -0.25) is 0 Å². The summed E-state index contributed by atoms with van der Waals surface area (Å²) in [6.45, 7) is 2.44. The molecule has 2 nitrogen and oxygen atoms in total. The largest absolute Gasteiger partial charge is 0.507 e. The average Bonchev–Trinajstić information content (AvgIpc) is 2.33. The fourth-order valence-corrected chi connectivity index (χ4v) is 1.93. The van der Waals surface area contributed by atoms with Crippen molar-refractivity contribution in [3.05, 3.63) is 53.6 Å². The lowest BCUT2D eigenvalue weighted by Gasteiger charge is -2.13. The molecule has 0 amide bonds. The van der Waals surface area contributed by atoms with E-state index in [9.17, 15) is 5.11 Å². The molecule has 0 saturated heterocycles. The van der Waals surface area contributed by atoms with Crippen molar-refractivity contribution in [1.82, 2.24) is 0 Å². The molecule has 2 aromatic carbocycles. The zero-order valence-corrected chi connectivity index (χ0v) is 9.27. The molecule has 0 spiro atoms. The maximum absolute atomic E-state index is 9.94. The van der Waals surface area contributed by atoms with Crippen molar-refractivity contribution in [1.29, 1.82) is 0 Å². The first-order valence-corrected chi connectivity index (χ1v) is 5.31. The molecule has 0 fully saturated rings. The van der Waals surface area contributed by atoms with E-state index < -0.39 is 0 Å². The molecule has 0 unspecified atom stereocenters. The molecule has 0 aromatic heterocycles. The summed E-state index contributed by atoms with van der Waals surface area (Å²) in [7, 11) is 0. The second-order valence-electron chi connectivity index (χ2n) is 3.83. The molecule has 0 aliphatic heterocycles. The van der Waals surface area contributed by atoms with Gasteiger partial charge in [0.25, 0.3) is 0 Å². The molecular formula is C14H15NO. The van der Waals surface area contributed by atoms with Crippen LogP contribution >= 0.6 is 0 Å². The van der Waals surface area contributed by atoms with Crippen molar-refractivity contribution < 1.29 is 5.11 Å². The minimum atomic E-state index is 0.289. The Morgan fingerprint density at radius 1 is 1.06 bits per heavy atom. The van der Waals surface area contributed by atoms with E-state index in [-0.39, 0.29) is 5.75 Å². The van der Waals surface area contributed by atoms with E-state index in [4.69, 9.17) is 5.73 Å². The smallest absolute Gasteiger partial charge is 0.123 e. The Morgan fingerprint density at radius 3 is 2.38 bits per heavy atom. The highest BCUT2D eigenvalue weighted by Crippen LogP contribution is 2.34. The van der Waals surface area contributed by atoms with Crippen molar-refractivity contribution >= 4 is 0 Å². The SMILES string of the molecule is Cc1ccc(O)c(-c2ccccc2)c1CN. The topological polar surface area (TPSA) is 46.2 Å². The van der Waals surface area contributed by atoms with Gasteiger partial charge in [-0.05, 0) is 29.7 Å². The lowest BCUT2D eigenvalue weighted by atomic mass is 9.95. The summed E-state index contributed by atoms with van der Waals surface area (Å²) in [5.41, 5.74) is 9.72. The molecule has 2 heteroatoms. The van der Waals surface area contributed by atoms with E-state index in [2.05, 4.69) is 0 Å². The van der Waals surface area contributed by atoms with Crippen molar-refractivity contribution in [3.8, 4) is 16.9 Å². The van der Waals surface area contributed by atoms with E-state index >= 15 is 0 Å². The van der Waals surface area contributed by atoms with Gasteiger partial charge >= 0.3 is 0 Å². The monoisotopic (exact) mass is 213 g/mol. The Bertz CT molecular complexity index is 492. The first-order valence-electron chi connectivity index (χ1n) is 5.31. The number of phenols is 1. The summed E-state index contributed by atoms with van der Waals surface area (Å²) >= 11 is 0. The Labute approximate surface area is 95.4 Å². The van der Waals surface area contributed by atoms with Crippen LogP contribution in [0.4, 0.5) is 0 Å². The molecule has 82 valence electrons. The molecule has 0 saturated carbocycles. The number of rotatable bonds is 2. The molecule has 16 heavy (non-hydrogen) atoms. The standard InChI is InChI=1S/C14H15NO/c1-10-7-8-13(16)14(12(10)9-15)11-5-3-2-4-6-11/h2-8,16H,9,15H2,1H3. The van der Waals surface area contributed by atoms with Gasteiger partial charge in [-0.25, -0.2) is 0 Å². The summed E-state index contributed by atoms with van der Waals surface area (Å²) in [4.78, 5) is 0. The van der Waals surface area contributed by atoms with Gasteiger partial charge < -0.3 is 10.8 Å². The molecular weight excluding hydrogens is 198 g/mol. The fraction of sp³-hybridized carbons (Fsp3) is 0.143. The van der Waals surface area contributed by atoms with Crippen LogP contribution < -0.4 is 5.73 Å². The van der Waals surface area contributed by atoms with Gasteiger partial charge in [-0.1, -0.05) is 36.4 Å². The number of hydrogen-bond acceptors (Lipinski definition) is 2. The van der Waals surface area contributed by atoms with Crippen LogP contribution in [0.15, 0.2) is 42.5 Å². The summed E-state index contributed by atoms with van der Waals surface area (Å²) in [6.07, 6.45) is 0. The van der Waals surface area contributed by atoms with Crippen molar-refractivity contribution in [2.45, 2.75) is 13.5 Å². The van der Waals surface area contributed by atoms with Crippen molar-refractivity contribution in [2.75, 3.05) is 0 Å². The van der Waals surface area contributed by atoms with Crippen LogP contribution in [-0.4, -0.2) is 5.11 Å². The summed E-state index contributed by atoms with van der Waals surface area (Å²) < 4.78 is 0. The van der Waals surface area contributed by atoms with Crippen LogP contribution in [0.3, 0.4) is 0 Å². The zero-order valence-electron chi connectivity index (χ0n) is 9.27. The molecule has 0 bridgehead atoms. The highest BCUT2D eigenvalue weighted by molar-refractivity contribution is 5.74. The normalized spacial score (nSPS) is 10.4. The summed E-state index contributed by atoms with van der Waals surface area (Å²) in [5.74, 6) is 0.289. The summed E-state index contributed by atoms with van der Waals surface area (Å²) in [6, 6.07) is 13.4. The van der Waals surface area contributed by atoms with Gasteiger partial charge in [0.15, 0.2) is 0 Å². The molecule has 0 radical (unpaired) electrons. The van der Waals surface area contributed by atoms with Gasteiger partial charge in [-0.2, -0.15) is 0 Å². The van der Waals surface area contributed by atoms with E-state index in [0.29, 0.717) is 6.54 Å². The predicted molar refractivity (Wildman–Crippen MR) is 66.2 cm³/mol. The number of hydrogen-bond donors (Lipinski definition) is 2. The van der Waals surface area contributed by atoms with E-state index in [1.54, 1.807) is 6.07 Å². The Balaban J connectivity index is 2.68. The third-order valence-corrected chi connectivity index (χ3v) is 2.79. The van der Waals surface area contributed by atoms with Gasteiger partial charge in [-0.15, -0.1) is 0 Å². The minimum absolute atomic E-state index is 0.289. The van der Waals surface area contributed by atoms with E-state index in [1.165, 1.54) is 0 Å². The Hall–Kier alpha value is -1.80. The van der Waals surface area contributed by atoms with Crippen LogP contribution in [0.2, 0.25) is 0 Å². The van der Waals surface area contributed by atoms with E-state index in [0.717, 1.165) is 22.3 Å². The molecule has 0 heterocycles.